The third-order valence-corrected chi connectivity index (χ3v) is 6.05. The number of carbonyl (C=O) groups is 1. The maximum absolute atomic E-state index is 13.7. The first kappa shape index (κ1) is 23.7. The summed E-state index contributed by atoms with van der Waals surface area (Å²) in [4.78, 5) is 15.6. The van der Waals surface area contributed by atoms with E-state index in [-0.39, 0.29) is 11.9 Å². The van der Waals surface area contributed by atoms with E-state index in [0.717, 1.165) is 11.3 Å². The van der Waals surface area contributed by atoms with Gasteiger partial charge in [-0.05, 0) is 54.8 Å². The molecule has 6 heteroatoms. The van der Waals surface area contributed by atoms with Crippen molar-refractivity contribution >= 4 is 17.5 Å². The van der Waals surface area contributed by atoms with Crippen molar-refractivity contribution < 1.29 is 14.3 Å². The fraction of sp³-hybridized carbons (Fsp3) is 0.346. The number of rotatable bonds is 9. The first-order chi connectivity index (χ1) is 15.3. The Bertz CT molecular complexity index is 1040. The summed E-state index contributed by atoms with van der Waals surface area (Å²) in [7, 11) is 3.17. The molecule has 0 spiro atoms. The molecule has 1 atom stereocenters. The predicted molar refractivity (Wildman–Crippen MR) is 129 cm³/mol. The topological polar surface area (TPSA) is 43.7 Å². The highest BCUT2D eigenvalue weighted by Gasteiger charge is 2.26. The predicted octanol–water partition coefficient (Wildman–Crippen LogP) is 5.89. The molecule has 170 valence electrons. The van der Waals surface area contributed by atoms with E-state index in [1.807, 2.05) is 35.4 Å². The van der Waals surface area contributed by atoms with E-state index in [1.54, 1.807) is 32.4 Å². The quantitative estimate of drug-likeness (QED) is 0.404. The largest absolute Gasteiger partial charge is 0.497 e. The molecule has 32 heavy (non-hydrogen) atoms. The Balaban J connectivity index is 1.91. The van der Waals surface area contributed by atoms with E-state index >= 15 is 0 Å². The van der Waals surface area contributed by atoms with Gasteiger partial charge in [0.2, 0.25) is 0 Å². The Hall–Kier alpha value is -2.92. The molecule has 1 heterocycles. The number of carbonyl (C=O) groups excluding carboxylic acids is 1. The van der Waals surface area contributed by atoms with Crippen molar-refractivity contribution in [3.63, 3.8) is 0 Å². The highest BCUT2D eigenvalue weighted by Crippen LogP contribution is 2.26. The summed E-state index contributed by atoms with van der Waals surface area (Å²) in [5, 5.41) is 0.716. The Morgan fingerprint density at radius 2 is 1.69 bits per heavy atom. The van der Waals surface area contributed by atoms with Gasteiger partial charge in [-0.15, -0.1) is 0 Å². The molecule has 0 N–H and O–H groups in total. The zero-order valence-electron chi connectivity index (χ0n) is 19.3. The second kappa shape index (κ2) is 10.6. The monoisotopic (exact) mass is 454 g/mol. The molecule has 0 bridgehead atoms. The second-order valence-electron chi connectivity index (χ2n) is 8.28. The lowest BCUT2D eigenvalue weighted by atomic mass is 10.0. The molecule has 2 aromatic carbocycles. The first-order valence-electron chi connectivity index (χ1n) is 10.7. The molecular formula is C26H31ClN2O3. The van der Waals surface area contributed by atoms with Crippen LogP contribution in [-0.2, 0) is 13.1 Å². The molecule has 5 nitrogen and oxygen atoms in total. The number of nitrogens with zero attached hydrogens (tertiary/aromatic N) is 2. The Morgan fingerprint density at radius 1 is 1.00 bits per heavy atom. The molecule has 0 fully saturated rings. The highest BCUT2D eigenvalue weighted by molar-refractivity contribution is 6.30. The van der Waals surface area contributed by atoms with Crippen LogP contribution in [0.1, 0.15) is 42.4 Å². The minimum absolute atomic E-state index is 0.0363. The minimum atomic E-state index is -0.0566. The van der Waals surface area contributed by atoms with Crippen molar-refractivity contribution in [3.05, 3.63) is 82.6 Å². The molecule has 0 saturated heterocycles. The van der Waals surface area contributed by atoms with Crippen LogP contribution in [0.2, 0.25) is 5.02 Å². The lowest BCUT2D eigenvalue weighted by Crippen LogP contribution is -2.41. The maximum atomic E-state index is 13.7. The van der Waals surface area contributed by atoms with Crippen molar-refractivity contribution in [2.75, 3.05) is 14.2 Å². The average Bonchev–Trinajstić information content (AvgIpc) is 3.22. The average molecular weight is 455 g/mol. The number of hydrogen-bond acceptors (Lipinski definition) is 3. The molecular weight excluding hydrogens is 424 g/mol. The minimum Gasteiger partial charge on any atom is -0.497 e. The highest BCUT2D eigenvalue weighted by atomic mass is 35.5. The number of benzene rings is 2. The summed E-state index contributed by atoms with van der Waals surface area (Å²) >= 11 is 6.16. The number of methoxy groups -OCH3 is 2. The van der Waals surface area contributed by atoms with Gasteiger partial charge in [-0.2, -0.15) is 0 Å². The lowest BCUT2D eigenvalue weighted by molar-refractivity contribution is 0.0622. The van der Waals surface area contributed by atoms with Gasteiger partial charge in [-0.3, -0.25) is 4.79 Å². The van der Waals surface area contributed by atoms with Crippen LogP contribution in [0.4, 0.5) is 0 Å². The van der Waals surface area contributed by atoms with Crippen LogP contribution in [0.25, 0.3) is 0 Å². The molecule has 0 saturated carbocycles. The van der Waals surface area contributed by atoms with Crippen molar-refractivity contribution in [2.45, 2.75) is 39.9 Å². The molecule has 0 aliphatic rings. The normalized spacial score (nSPS) is 12.0. The second-order valence-corrected chi connectivity index (χ2v) is 8.71. The van der Waals surface area contributed by atoms with E-state index in [0.29, 0.717) is 41.1 Å². The van der Waals surface area contributed by atoms with Gasteiger partial charge in [0, 0.05) is 41.1 Å². The van der Waals surface area contributed by atoms with Crippen LogP contribution < -0.4 is 9.47 Å². The number of ether oxygens (including phenoxy) is 2. The third kappa shape index (κ3) is 5.65. The van der Waals surface area contributed by atoms with Gasteiger partial charge in [-0.1, -0.05) is 37.6 Å². The van der Waals surface area contributed by atoms with Crippen LogP contribution in [0.15, 0.2) is 60.8 Å². The van der Waals surface area contributed by atoms with Gasteiger partial charge in [-0.25, -0.2) is 0 Å². The van der Waals surface area contributed by atoms with Crippen LogP contribution >= 0.6 is 11.6 Å². The molecule has 0 radical (unpaired) electrons. The number of halogens is 1. The Labute approximate surface area is 195 Å². The van der Waals surface area contributed by atoms with E-state index < -0.39 is 0 Å². The van der Waals surface area contributed by atoms with E-state index in [9.17, 15) is 4.79 Å². The SMILES string of the molecule is COc1cc(OC)cc(C(=O)N(Cc2cccn2Cc2cccc(Cl)c2)C(C)C(C)C)c1. The Kier molecular flexibility index (Phi) is 7.86. The summed E-state index contributed by atoms with van der Waals surface area (Å²) in [6.45, 7) is 7.52. The fourth-order valence-electron chi connectivity index (χ4n) is 3.61. The van der Waals surface area contributed by atoms with Crippen molar-refractivity contribution in [1.29, 1.82) is 0 Å². The molecule has 1 unspecified atom stereocenters. The molecule has 0 aliphatic carbocycles. The van der Waals surface area contributed by atoms with E-state index in [1.165, 1.54) is 0 Å². The van der Waals surface area contributed by atoms with Crippen LogP contribution in [0.3, 0.4) is 0 Å². The van der Waals surface area contributed by atoms with Crippen molar-refractivity contribution in [3.8, 4) is 11.5 Å². The van der Waals surface area contributed by atoms with Gasteiger partial charge >= 0.3 is 0 Å². The number of amides is 1. The first-order valence-corrected chi connectivity index (χ1v) is 11.1. The lowest BCUT2D eigenvalue weighted by Gasteiger charge is -2.32. The summed E-state index contributed by atoms with van der Waals surface area (Å²) in [5.41, 5.74) is 2.71. The van der Waals surface area contributed by atoms with Gasteiger partial charge < -0.3 is 18.9 Å². The number of aromatic nitrogens is 1. The smallest absolute Gasteiger partial charge is 0.254 e. The summed E-state index contributed by atoms with van der Waals surface area (Å²) in [6.07, 6.45) is 2.04. The molecule has 3 rings (SSSR count). The van der Waals surface area contributed by atoms with Crippen LogP contribution in [0, 0.1) is 5.92 Å². The van der Waals surface area contributed by atoms with Crippen LogP contribution in [0.5, 0.6) is 11.5 Å². The van der Waals surface area contributed by atoms with Crippen LogP contribution in [-0.4, -0.2) is 35.6 Å². The number of hydrogen-bond donors (Lipinski definition) is 0. The molecule has 1 aromatic heterocycles. The molecule has 3 aromatic rings. The van der Waals surface area contributed by atoms with Gasteiger partial charge in [0.25, 0.3) is 5.91 Å². The maximum Gasteiger partial charge on any atom is 0.254 e. The zero-order chi connectivity index (χ0) is 23.3. The van der Waals surface area contributed by atoms with Crippen molar-refractivity contribution in [1.82, 2.24) is 9.47 Å². The summed E-state index contributed by atoms with van der Waals surface area (Å²) < 4.78 is 12.9. The van der Waals surface area contributed by atoms with Crippen molar-refractivity contribution in [2.24, 2.45) is 5.92 Å². The summed E-state index contributed by atoms with van der Waals surface area (Å²) in [5.74, 6) is 1.42. The Morgan fingerprint density at radius 3 is 2.28 bits per heavy atom. The third-order valence-electron chi connectivity index (χ3n) is 5.81. The zero-order valence-corrected chi connectivity index (χ0v) is 20.1. The summed E-state index contributed by atoms with van der Waals surface area (Å²) in [6, 6.07) is 17.2. The van der Waals surface area contributed by atoms with E-state index in [2.05, 4.69) is 37.5 Å². The fourth-order valence-corrected chi connectivity index (χ4v) is 3.82. The molecule has 0 aliphatic heterocycles. The van der Waals surface area contributed by atoms with Gasteiger partial charge in [0.05, 0.1) is 20.8 Å². The van der Waals surface area contributed by atoms with Gasteiger partial charge in [0.1, 0.15) is 11.5 Å². The standard InChI is InChI=1S/C26H31ClN2O3/c1-18(2)19(3)29(26(30)21-13-24(31-4)15-25(14-21)32-5)17-23-10-7-11-28(23)16-20-8-6-9-22(27)12-20/h6-15,18-19H,16-17H2,1-5H3. The van der Waals surface area contributed by atoms with E-state index in [4.69, 9.17) is 21.1 Å². The molecule has 1 amide bonds. The van der Waals surface area contributed by atoms with Gasteiger partial charge in [0.15, 0.2) is 0 Å².